The molecule has 4 aromatic rings. The van der Waals surface area contributed by atoms with Crippen molar-refractivity contribution in [3.63, 3.8) is 0 Å². The van der Waals surface area contributed by atoms with Crippen LogP contribution in [-0.4, -0.2) is 33.3 Å². The minimum Gasteiger partial charge on any atom is -0.420 e. The van der Waals surface area contributed by atoms with Crippen molar-refractivity contribution < 1.29 is 8.81 Å². The Hall–Kier alpha value is -2.87. The van der Waals surface area contributed by atoms with Crippen molar-refractivity contribution in [3.8, 4) is 11.5 Å². The summed E-state index contributed by atoms with van der Waals surface area (Å²) in [5.41, 5.74) is 0.857. The Labute approximate surface area is 183 Å². The molecule has 1 aromatic carbocycles. The molecule has 1 aliphatic heterocycles. The Morgan fingerprint density at radius 3 is 2.87 bits per heavy atom. The van der Waals surface area contributed by atoms with E-state index in [-0.39, 0.29) is 11.2 Å². The first-order chi connectivity index (χ1) is 15.1. The molecular formula is C23H22FN5OS. The summed E-state index contributed by atoms with van der Waals surface area (Å²) in [6, 6.07) is 8.53. The van der Waals surface area contributed by atoms with Crippen LogP contribution in [0.15, 0.2) is 41.1 Å². The van der Waals surface area contributed by atoms with Crippen LogP contribution < -0.4 is 4.90 Å². The molecule has 1 atom stereocenters. The molecule has 0 unspecified atom stereocenters. The van der Waals surface area contributed by atoms with Crippen molar-refractivity contribution in [1.29, 1.82) is 0 Å². The minimum atomic E-state index is -0.303. The lowest BCUT2D eigenvalue weighted by Crippen LogP contribution is -2.35. The number of halogens is 1. The Kier molecular flexibility index (Phi) is 4.31. The molecule has 1 aliphatic carbocycles. The molecule has 0 radical (unpaired) electrons. The largest absolute Gasteiger partial charge is 0.420 e. The molecule has 0 bridgehead atoms. The average Bonchev–Trinajstić information content (AvgIpc) is 3.16. The van der Waals surface area contributed by atoms with E-state index in [9.17, 15) is 4.39 Å². The van der Waals surface area contributed by atoms with Gasteiger partial charge in [-0.3, -0.25) is 0 Å². The van der Waals surface area contributed by atoms with Crippen LogP contribution in [0.4, 0.5) is 10.2 Å². The Morgan fingerprint density at radius 1 is 1.19 bits per heavy atom. The lowest BCUT2D eigenvalue weighted by Gasteiger charge is -2.33. The molecule has 6 rings (SSSR count). The van der Waals surface area contributed by atoms with Gasteiger partial charge in [0.1, 0.15) is 22.8 Å². The van der Waals surface area contributed by atoms with E-state index in [1.807, 2.05) is 0 Å². The molecule has 2 aliphatic rings. The van der Waals surface area contributed by atoms with E-state index in [4.69, 9.17) is 4.42 Å². The molecule has 0 N–H and O–H groups in total. The standard InChI is InChI=1S/C23H22FN5OS/c1-2-16-11-17-19(25-13-26-22(17)31-16)29-8-6-23(7-9-29)12-18(23)21-28-27-20(30-21)14-4-3-5-15(24)10-14/h3-5,10-11,13,18H,2,6-9,12H2,1H3/t18-/m1/s1. The summed E-state index contributed by atoms with van der Waals surface area (Å²) in [5, 5.41) is 9.63. The number of anilines is 1. The first-order valence-electron chi connectivity index (χ1n) is 10.7. The van der Waals surface area contributed by atoms with Gasteiger partial charge in [0.2, 0.25) is 11.8 Å². The highest BCUT2D eigenvalue weighted by atomic mass is 32.1. The summed E-state index contributed by atoms with van der Waals surface area (Å²) in [4.78, 5) is 13.9. The van der Waals surface area contributed by atoms with Crippen molar-refractivity contribution in [1.82, 2.24) is 20.2 Å². The topological polar surface area (TPSA) is 67.9 Å². The fourth-order valence-electron chi connectivity index (χ4n) is 4.85. The number of hydrogen-bond donors (Lipinski definition) is 0. The van der Waals surface area contributed by atoms with Gasteiger partial charge in [-0.15, -0.1) is 21.5 Å². The molecule has 4 heterocycles. The van der Waals surface area contributed by atoms with E-state index in [0.717, 1.165) is 49.4 Å². The third-order valence-corrected chi connectivity index (χ3v) is 7.95. The van der Waals surface area contributed by atoms with Gasteiger partial charge in [-0.25, -0.2) is 14.4 Å². The van der Waals surface area contributed by atoms with E-state index in [1.165, 1.54) is 22.4 Å². The van der Waals surface area contributed by atoms with Gasteiger partial charge < -0.3 is 9.32 Å². The molecule has 3 aromatic heterocycles. The summed E-state index contributed by atoms with van der Waals surface area (Å²) in [7, 11) is 0. The summed E-state index contributed by atoms with van der Waals surface area (Å²) in [6.45, 7) is 4.10. The number of fused-ring (bicyclic) bond motifs is 1. The van der Waals surface area contributed by atoms with E-state index in [1.54, 1.807) is 29.8 Å². The normalized spacial score (nSPS) is 19.9. The smallest absolute Gasteiger partial charge is 0.247 e. The summed E-state index contributed by atoms with van der Waals surface area (Å²) in [5.74, 6) is 2.12. The predicted octanol–water partition coefficient (Wildman–Crippen LogP) is 5.22. The zero-order valence-electron chi connectivity index (χ0n) is 17.2. The van der Waals surface area contributed by atoms with Gasteiger partial charge in [-0.05, 0) is 55.4 Å². The van der Waals surface area contributed by atoms with Crippen molar-refractivity contribution >= 4 is 27.4 Å². The lowest BCUT2D eigenvalue weighted by molar-refractivity contribution is 0.352. The number of rotatable bonds is 4. The van der Waals surface area contributed by atoms with Gasteiger partial charge in [0, 0.05) is 29.4 Å². The molecule has 1 saturated carbocycles. The van der Waals surface area contributed by atoms with E-state index in [0.29, 0.717) is 23.3 Å². The van der Waals surface area contributed by atoms with Crippen molar-refractivity contribution in [2.75, 3.05) is 18.0 Å². The number of aryl methyl sites for hydroxylation is 1. The molecule has 6 nitrogen and oxygen atoms in total. The van der Waals surface area contributed by atoms with E-state index >= 15 is 0 Å². The molecular weight excluding hydrogens is 413 g/mol. The number of aromatic nitrogens is 4. The Balaban J connectivity index is 1.18. The van der Waals surface area contributed by atoms with E-state index < -0.39 is 0 Å². The maximum absolute atomic E-state index is 13.5. The van der Waals surface area contributed by atoms with Crippen LogP contribution in [0.25, 0.3) is 21.7 Å². The van der Waals surface area contributed by atoms with Crippen LogP contribution in [0.5, 0.6) is 0 Å². The molecule has 1 saturated heterocycles. The fraction of sp³-hybridized carbons (Fsp3) is 0.391. The zero-order chi connectivity index (χ0) is 21.0. The lowest BCUT2D eigenvalue weighted by atomic mass is 9.90. The quantitative estimate of drug-likeness (QED) is 0.438. The Morgan fingerprint density at radius 2 is 2.06 bits per heavy atom. The van der Waals surface area contributed by atoms with Crippen molar-refractivity contribution in [2.45, 2.75) is 38.5 Å². The predicted molar refractivity (Wildman–Crippen MR) is 118 cm³/mol. The number of thiophene rings is 1. The SMILES string of the molecule is CCc1cc2c(N3CCC4(CC3)C[C@@H]4c3nnc(-c4cccc(F)c4)o3)ncnc2s1. The third-order valence-electron chi connectivity index (χ3n) is 6.77. The van der Waals surface area contributed by atoms with Crippen LogP contribution in [0.3, 0.4) is 0 Å². The minimum absolute atomic E-state index is 0.234. The first kappa shape index (κ1) is 18.9. The number of benzene rings is 1. The maximum atomic E-state index is 13.5. The van der Waals surface area contributed by atoms with Gasteiger partial charge in [0.25, 0.3) is 0 Å². The summed E-state index contributed by atoms with van der Waals surface area (Å²) >= 11 is 1.76. The summed E-state index contributed by atoms with van der Waals surface area (Å²) < 4.78 is 19.4. The van der Waals surface area contributed by atoms with Gasteiger partial charge in [0.05, 0.1) is 5.39 Å². The highest BCUT2D eigenvalue weighted by Gasteiger charge is 2.58. The molecule has 31 heavy (non-hydrogen) atoms. The molecule has 158 valence electrons. The highest BCUT2D eigenvalue weighted by Crippen LogP contribution is 2.64. The number of hydrogen-bond acceptors (Lipinski definition) is 7. The number of nitrogens with zero attached hydrogens (tertiary/aromatic N) is 5. The van der Waals surface area contributed by atoms with Crippen LogP contribution in [0.2, 0.25) is 0 Å². The average molecular weight is 436 g/mol. The first-order valence-corrected chi connectivity index (χ1v) is 11.5. The van der Waals surface area contributed by atoms with E-state index in [2.05, 4.69) is 38.1 Å². The summed E-state index contributed by atoms with van der Waals surface area (Å²) in [6.07, 6.45) is 5.93. The van der Waals surface area contributed by atoms with Crippen LogP contribution in [0, 0.1) is 11.2 Å². The fourth-order valence-corrected chi connectivity index (χ4v) is 5.78. The van der Waals surface area contributed by atoms with Crippen LogP contribution in [0.1, 0.15) is 42.9 Å². The van der Waals surface area contributed by atoms with Gasteiger partial charge in [0.15, 0.2) is 0 Å². The van der Waals surface area contributed by atoms with Gasteiger partial charge >= 0.3 is 0 Å². The molecule has 0 amide bonds. The van der Waals surface area contributed by atoms with Crippen LogP contribution >= 0.6 is 11.3 Å². The Bertz CT molecular complexity index is 1260. The highest BCUT2D eigenvalue weighted by molar-refractivity contribution is 7.18. The molecule has 2 fully saturated rings. The second-order valence-electron chi connectivity index (χ2n) is 8.54. The second kappa shape index (κ2) is 7.09. The zero-order valence-corrected chi connectivity index (χ0v) is 18.0. The second-order valence-corrected chi connectivity index (χ2v) is 9.66. The maximum Gasteiger partial charge on any atom is 0.247 e. The van der Waals surface area contributed by atoms with Crippen molar-refractivity contribution in [2.24, 2.45) is 5.41 Å². The van der Waals surface area contributed by atoms with Gasteiger partial charge in [-0.2, -0.15) is 0 Å². The van der Waals surface area contributed by atoms with Crippen molar-refractivity contribution in [3.05, 3.63) is 53.2 Å². The monoisotopic (exact) mass is 435 g/mol. The van der Waals surface area contributed by atoms with Crippen LogP contribution in [-0.2, 0) is 6.42 Å². The molecule has 8 heteroatoms. The molecule has 1 spiro atoms. The number of piperidine rings is 1. The third kappa shape index (κ3) is 3.20. The van der Waals surface area contributed by atoms with Gasteiger partial charge in [-0.1, -0.05) is 13.0 Å².